The molecule has 0 aliphatic heterocycles. The number of carbonyl (C=O) groups excluding carboxylic acids is 1. The molecule has 0 fully saturated rings. The highest BCUT2D eigenvalue weighted by Crippen LogP contribution is 2.02. The summed E-state index contributed by atoms with van der Waals surface area (Å²) in [6, 6.07) is 0. The van der Waals surface area contributed by atoms with Crippen LogP contribution < -0.4 is 5.32 Å². The maximum absolute atomic E-state index is 11.2. The van der Waals surface area contributed by atoms with Crippen LogP contribution in [0.1, 0.15) is 19.8 Å². The molecular weight excluding hydrogens is 170 g/mol. The lowest BCUT2D eigenvalue weighted by molar-refractivity contribution is -0.124. The fourth-order valence-electron chi connectivity index (χ4n) is 0.761. The van der Waals surface area contributed by atoms with Crippen LogP contribution in [0.2, 0.25) is 0 Å². The molecule has 0 aliphatic rings. The molecule has 0 radical (unpaired) electrons. The van der Waals surface area contributed by atoms with E-state index in [1.165, 1.54) is 0 Å². The Hall–Kier alpha value is -0.870. The monoisotopic (exact) mass is 187 g/mol. The molecule has 0 spiro atoms. The Bertz CT molecular complexity index is 176. The minimum atomic E-state index is -0.918. The average Bonchev–Trinajstić information content (AvgIpc) is 2.14. The highest BCUT2D eigenvalue weighted by molar-refractivity contribution is 5.76. The molecular formula is C9H17NO3. The van der Waals surface area contributed by atoms with Crippen molar-refractivity contribution in [1.29, 1.82) is 0 Å². The van der Waals surface area contributed by atoms with Crippen LogP contribution in [0.15, 0.2) is 12.7 Å². The molecule has 0 atom stereocenters. The van der Waals surface area contributed by atoms with Gasteiger partial charge in [0, 0.05) is 6.42 Å². The molecule has 0 saturated carbocycles. The largest absolute Gasteiger partial charge is 0.394 e. The van der Waals surface area contributed by atoms with E-state index in [9.17, 15) is 4.79 Å². The molecule has 0 bridgehead atoms. The summed E-state index contributed by atoms with van der Waals surface area (Å²) in [7, 11) is 0. The van der Waals surface area contributed by atoms with Crippen molar-refractivity contribution in [3.05, 3.63) is 12.7 Å². The lowest BCUT2D eigenvalue weighted by Crippen LogP contribution is -2.51. The summed E-state index contributed by atoms with van der Waals surface area (Å²) in [5.74, 6) is -0.189. The Morgan fingerprint density at radius 3 is 2.46 bits per heavy atom. The fraction of sp³-hybridized carbons (Fsp3) is 0.667. The number of aliphatic hydroxyl groups excluding tert-OH is 2. The van der Waals surface area contributed by atoms with Crippen molar-refractivity contribution in [3.8, 4) is 0 Å². The second-order valence-electron chi connectivity index (χ2n) is 3.25. The van der Waals surface area contributed by atoms with E-state index >= 15 is 0 Å². The number of hydrogen-bond acceptors (Lipinski definition) is 3. The van der Waals surface area contributed by atoms with Crippen LogP contribution in [0, 0.1) is 0 Å². The fourth-order valence-corrected chi connectivity index (χ4v) is 0.761. The van der Waals surface area contributed by atoms with Crippen LogP contribution in [0.3, 0.4) is 0 Å². The van der Waals surface area contributed by atoms with Crippen LogP contribution in [0.4, 0.5) is 0 Å². The first-order valence-corrected chi connectivity index (χ1v) is 4.21. The van der Waals surface area contributed by atoms with Gasteiger partial charge < -0.3 is 15.5 Å². The minimum absolute atomic E-state index is 0.189. The van der Waals surface area contributed by atoms with Gasteiger partial charge in [0.15, 0.2) is 0 Å². The molecule has 4 nitrogen and oxygen atoms in total. The van der Waals surface area contributed by atoms with Crippen LogP contribution in [-0.4, -0.2) is 34.9 Å². The number of amides is 1. The van der Waals surface area contributed by atoms with Gasteiger partial charge in [0.25, 0.3) is 0 Å². The van der Waals surface area contributed by atoms with E-state index in [0.29, 0.717) is 12.8 Å². The summed E-state index contributed by atoms with van der Waals surface area (Å²) < 4.78 is 0. The third-order valence-electron chi connectivity index (χ3n) is 1.71. The van der Waals surface area contributed by atoms with E-state index in [2.05, 4.69) is 11.9 Å². The van der Waals surface area contributed by atoms with Crippen molar-refractivity contribution in [1.82, 2.24) is 5.32 Å². The van der Waals surface area contributed by atoms with Gasteiger partial charge >= 0.3 is 0 Å². The molecule has 13 heavy (non-hydrogen) atoms. The molecule has 0 unspecified atom stereocenters. The van der Waals surface area contributed by atoms with Crippen molar-refractivity contribution in [3.63, 3.8) is 0 Å². The predicted octanol–water partition coefficient (Wildman–Crippen LogP) is -0.188. The number of aliphatic hydroxyl groups is 2. The van der Waals surface area contributed by atoms with E-state index in [1.807, 2.05) is 0 Å². The molecule has 0 aromatic rings. The van der Waals surface area contributed by atoms with Crippen molar-refractivity contribution in [2.75, 3.05) is 13.2 Å². The van der Waals surface area contributed by atoms with E-state index in [0.717, 1.165) is 0 Å². The zero-order valence-electron chi connectivity index (χ0n) is 7.92. The maximum Gasteiger partial charge on any atom is 0.220 e. The summed E-state index contributed by atoms with van der Waals surface area (Å²) in [6.45, 7) is 4.52. The summed E-state index contributed by atoms with van der Waals surface area (Å²) in [5, 5.41) is 20.3. The third-order valence-corrected chi connectivity index (χ3v) is 1.71. The molecule has 0 aliphatic carbocycles. The second-order valence-corrected chi connectivity index (χ2v) is 3.25. The van der Waals surface area contributed by atoms with E-state index < -0.39 is 5.54 Å². The van der Waals surface area contributed by atoms with Crippen molar-refractivity contribution in [2.45, 2.75) is 25.3 Å². The van der Waals surface area contributed by atoms with Gasteiger partial charge in [-0.25, -0.2) is 0 Å². The molecule has 0 heterocycles. The molecule has 0 rings (SSSR count). The summed E-state index contributed by atoms with van der Waals surface area (Å²) in [5.41, 5.74) is -0.918. The van der Waals surface area contributed by atoms with Gasteiger partial charge in [-0.3, -0.25) is 4.79 Å². The normalized spacial score (nSPS) is 11.0. The Kier molecular flexibility index (Phi) is 5.34. The zero-order chi connectivity index (χ0) is 10.3. The molecule has 4 heteroatoms. The van der Waals surface area contributed by atoms with Gasteiger partial charge in [-0.15, -0.1) is 6.58 Å². The summed E-state index contributed by atoms with van der Waals surface area (Å²) in [6.07, 6.45) is 2.58. The number of carbonyl (C=O) groups is 1. The Balaban J connectivity index is 3.93. The van der Waals surface area contributed by atoms with Crippen molar-refractivity contribution in [2.24, 2.45) is 0 Å². The SMILES string of the molecule is C=CCCC(=O)NC(C)(CO)CO. The molecule has 76 valence electrons. The molecule has 0 aromatic carbocycles. The summed E-state index contributed by atoms with van der Waals surface area (Å²) >= 11 is 0. The third kappa shape index (κ3) is 4.65. The molecule has 0 aromatic heterocycles. The standard InChI is InChI=1S/C9H17NO3/c1-3-4-5-8(13)10-9(2,6-11)7-12/h3,11-12H,1,4-7H2,2H3,(H,10,13). The van der Waals surface area contributed by atoms with Crippen LogP contribution in [0.5, 0.6) is 0 Å². The molecule has 1 amide bonds. The zero-order valence-corrected chi connectivity index (χ0v) is 7.92. The Morgan fingerprint density at radius 2 is 2.08 bits per heavy atom. The topological polar surface area (TPSA) is 69.6 Å². The Labute approximate surface area is 78.3 Å². The quantitative estimate of drug-likeness (QED) is 0.505. The van der Waals surface area contributed by atoms with Gasteiger partial charge in [-0.05, 0) is 13.3 Å². The van der Waals surface area contributed by atoms with Crippen LogP contribution >= 0.6 is 0 Å². The number of hydrogen-bond donors (Lipinski definition) is 3. The van der Waals surface area contributed by atoms with Gasteiger partial charge in [0.2, 0.25) is 5.91 Å². The first kappa shape index (κ1) is 12.1. The van der Waals surface area contributed by atoms with Gasteiger partial charge in [-0.1, -0.05) is 6.08 Å². The molecule has 3 N–H and O–H groups in total. The van der Waals surface area contributed by atoms with E-state index in [1.54, 1.807) is 13.0 Å². The molecule has 0 saturated heterocycles. The van der Waals surface area contributed by atoms with Crippen molar-refractivity contribution < 1.29 is 15.0 Å². The van der Waals surface area contributed by atoms with Crippen molar-refractivity contribution >= 4 is 5.91 Å². The first-order chi connectivity index (χ1) is 6.08. The second kappa shape index (κ2) is 5.72. The average molecular weight is 187 g/mol. The van der Waals surface area contributed by atoms with Crippen LogP contribution in [0.25, 0.3) is 0 Å². The van der Waals surface area contributed by atoms with Gasteiger partial charge in [0.1, 0.15) is 0 Å². The van der Waals surface area contributed by atoms with Gasteiger partial charge in [0.05, 0.1) is 18.8 Å². The van der Waals surface area contributed by atoms with E-state index in [-0.39, 0.29) is 19.1 Å². The highest BCUT2D eigenvalue weighted by atomic mass is 16.3. The highest BCUT2D eigenvalue weighted by Gasteiger charge is 2.23. The number of allylic oxidation sites excluding steroid dienone is 1. The van der Waals surface area contributed by atoms with Gasteiger partial charge in [-0.2, -0.15) is 0 Å². The minimum Gasteiger partial charge on any atom is -0.394 e. The number of rotatable bonds is 6. The smallest absolute Gasteiger partial charge is 0.220 e. The lowest BCUT2D eigenvalue weighted by Gasteiger charge is -2.25. The predicted molar refractivity (Wildman–Crippen MR) is 50.2 cm³/mol. The summed E-state index contributed by atoms with van der Waals surface area (Å²) in [4.78, 5) is 11.2. The lowest BCUT2D eigenvalue weighted by atomic mass is 10.1. The maximum atomic E-state index is 11.2. The number of nitrogens with one attached hydrogen (secondary N) is 1. The van der Waals surface area contributed by atoms with E-state index in [4.69, 9.17) is 10.2 Å². The van der Waals surface area contributed by atoms with Crippen LogP contribution in [-0.2, 0) is 4.79 Å². The first-order valence-electron chi connectivity index (χ1n) is 4.21. The Morgan fingerprint density at radius 1 is 1.54 bits per heavy atom.